The van der Waals surface area contributed by atoms with Gasteiger partial charge in [0.05, 0.1) is 6.42 Å². The predicted octanol–water partition coefficient (Wildman–Crippen LogP) is 1.62. The van der Waals surface area contributed by atoms with Gasteiger partial charge in [0.2, 0.25) is 5.91 Å². The van der Waals surface area contributed by atoms with Crippen molar-refractivity contribution in [3.63, 3.8) is 0 Å². The predicted molar refractivity (Wildman–Crippen MR) is 76.5 cm³/mol. The van der Waals surface area contributed by atoms with Crippen LogP contribution in [-0.4, -0.2) is 48.1 Å². The van der Waals surface area contributed by atoms with Crippen LogP contribution in [0.4, 0.5) is 0 Å². The van der Waals surface area contributed by atoms with E-state index in [1.807, 2.05) is 0 Å². The first-order valence-electron chi connectivity index (χ1n) is 7.81. The van der Waals surface area contributed by atoms with Gasteiger partial charge in [-0.1, -0.05) is 12.8 Å². The van der Waals surface area contributed by atoms with Crippen LogP contribution in [-0.2, 0) is 9.59 Å². The van der Waals surface area contributed by atoms with E-state index in [0.717, 1.165) is 45.3 Å². The summed E-state index contributed by atoms with van der Waals surface area (Å²) in [5.74, 6) is -0.760. The molecule has 1 aliphatic heterocycles. The fourth-order valence-electron chi connectivity index (χ4n) is 3.62. The van der Waals surface area contributed by atoms with Gasteiger partial charge >= 0.3 is 5.97 Å². The third kappa shape index (κ3) is 4.47. The Morgan fingerprint density at radius 1 is 1.05 bits per heavy atom. The number of carbonyl (C=O) groups excluding carboxylic acids is 1. The largest absolute Gasteiger partial charge is 0.481 e. The van der Waals surface area contributed by atoms with Gasteiger partial charge in [-0.2, -0.15) is 0 Å². The minimum absolute atomic E-state index is 0.0207. The van der Waals surface area contributed by atoms with E-state index in [4.69, 9.17) is 5.11 Å². The Balaban J connectivity index is 1.72. The van der Waals surface area contributed by atoms with E-state index >= 15 is 0 Å². The minimum Gasteiger partial charge on any atom is -0.481 e. The molecule has 2 aliphatic rings. The summed E-state index contributed by atoms with van der Waals surface area (Å²) in [6.07, 6.45) is 6.87. The lowest BCUT2D eigenvalue weighted by molar-refractivity contribution is -0.140. The number of carbonyl (C=O) groups is 2. The Morgan fingerprint density at radius 3 is 2.30 bits per heavy atom. The number of amides is 1. The van der Waals surface area contributed by atoms with Crippen molar-refractivity contribution in [1.29, 1.82) is 0 Å². The van der Waals surface area contributed by atoms with E-state index in [9.17, 15) is 9.59 Å². The average Bonchev–Trinajstić information content (AvgIpc) is 3.00. The number of hydrogen-bond donors (Lipinski definition) is 2. The van der Waals surface area contributed by atoms with E-state index in [-0.39, 0.29) is 17.7 Å². The van der Waals surface area contributed by atoms with Gasteiger partial charge in [-0.25, -0.2) is 0 Å². The molecule has 1 amide bonds. The van der Waals surface area contributed by atoms with Crippen LogP contribution in [0.25, 0.3) is 0 Å². The molecule has 114 valence electrons. The Kier molecular flexibility index (Phi) is 5.40. The second-order valence-electron chi connectivity index (χ2n) is 6.35. The Bertz CT molecular complexity index is 345. The van der Waals surface area contributed by atoms with Crippen LogP contribution in [0.5, 0.6) is 0 Å². The summed E-state index contributed by atoms with van der Waals surface area (Å²) in [7, 11) is 0. The lowest BCUT2D eigenvalue weighted by Crippen LogP contribution is -2.36. The SMILES string of the molecule is O=C(O)CC1(CC(=O)NCCN2CCCC2)CCCC1. The lowest BCUT2D eigenvalue weighted by atomic mass is 9.79. The number of nitrogens with one attached hydrogen (secondary N) is 1. The van der Waals surface area contributed by atoms with Crippen molar-refractivity contribution in [2.24, 2.45) is 5.41 Å². The number of rotatable bonds is 7. The topological polar surface area (TPSA) is 69.6 Å². The van der Waals surface area contributed by atoms with Crippen molar-refractivity contribution < 1.29 is 14.7 Å². The summed E-state index contributed by atoms with van der Waals surface area (Å²) in [5.41, 5.74) is -0.288. The minimum atomic E-state index is -0.781. The zero-order valence-electron chi connectivity index (χ0n) is 12.2. The molecule has 2 rings (SSSR count). The first-order valence-corrected chi connectivity index (χ1v) is 7.81. The summed E-state index contributed by atoms with van der Waals surface area (Å²) in [6, 6.07) is 0. The normalized spacial score (nSPS) is 22.0. The molecule has 0 aromatic carbocycles. The molecule has 0 aromatic rings. The standard InChI is InChI=1S/C15H26N2O3/c18-13(16-7-10-17-8-3-4-9-17)11-15(12-14(19)20)5-1-2-6-15/h1-12H2,(H,16,18)(H,19,20). The number of carboxylic acid groups (broad SMARTS) is 1. The summed E-state index contributed by atoms with van der Waals surface area (Å²) < 4.78 is 0. The Hall–Kier alpha value is -1.10. The van der Waals surface area contributed by atoms with E-state index in [1.165, 1.54) is 12.8 Å². The molecular weight excluding hydrogens is 256 g/mol. The second-order valence-corrected chi connectivity index (χ2v) is 6.35. The summed E-state index contributed by atoms with van der Waals surface area (Å²) >= 11 is 0. The van der Waals surface area contributed by atoms with E-state index in [0.29, 0.717) is 13.0 Å². The molecule has 0 spiro atoms. The molecule has 5 heteroatoms. The molecule has 0 aromatic heterocycles. The fraction of sp³-hybridized carbons (Fsp3) is 0.867. The van der Waals surface area contributed by atoms with Gasteiger partial charge in [0.25, 0.3) is 0 Å². The molecular formula is C15H26N2O3. The van der Waals surface area contributed by atoms with Crippen LogP contribution in [0.2, 0.25) is 0 Å². The molecule has 0 bridgehead atoms. The zero-order valence-corrected chi connectivity index (χ0v) is 12.2. The van der Waals surface area contributed by atoms with E-state index < -0.39 is 5.97 Å². The van der Waals surface area contributed by atoms with Crippen LogP contribution >= 0.6 is 0 Å². The van der Waals surface area contributed by atoms with Crippen molar-refractivity contribution >= 4 is 11.9 Å². The fourth-order valence-corrected chi connectivity index (χ4v) is 3.62. The van der Waals surface area contributed by atoms with Gasteiger partial charge in [-0.15, -0.1) is 0 Å². The third-order valence-electron chi connectivity index (χ3n) is 4.67. The molecule has 1 saturated heterocycles. The maximum atomic E-state index is 12.0. The molecule has 5 nitrogen and oxygen atoms in total. The zero-order chi connectivity index (χ0) is 14.4. The van der Waals surface area contributed by atoms with Crippen molar-refractivity contribution in [1.82, 2.24) is 10.2 Å². The van der Waals surface area contributed by atoms with Gasteiger partial charge in [-0.05, 0) is 44.2 Å². The van der Waals surface area contributed by atoms with Crippen molar-refractivity contribution in [3.05, 3.63) is 0 Å². The van der Waals surface area contributed by atoms with Crippen molar-refractivity contribution in [3.8, 4) is 0 Å². The van der Waals surface area contributed by atoms with Crippen LogP contribution in [0, 0.1) is 5.41 Å². The quantitative estimate of drug-likeness (QED) is 0.744. The summed E-state index contributed by atoms with van der Waals surface area (Å²) in [6.45, 7) is 3.87. The number of nitrogens with zero attached hydrogens (tertiary/aromatic N) is 1. The maximum Gasteiger partial charge on any atom is 0.303 e. The first kappa shape index (κ1) is 15.3. The second kappa shape index (κ2) is 7.07. The smallest absolute Gasteiger partial charge is 0.303 e. The highest BCUT2D eigenvalue weighted by atomic mass is 16.4. The van der Waals surface area contributed by atoms with Gasteiger partial charge in [0, 0.05) is 19.5 Å². The first-order chi connectivity index (χ1) is 9.60. The summed E-state index contributed by atoms with van der Waals surface area (Å²) in [5, 5.41) is 12.0. The highest BCUT2D eigenvalue weighted by Gasteiger charge is 2.37. The third-order valence-corrected chi connectivity index (χ3v) is 4.67. The number of aliphatic carboxylic acids is 1. The molecule has 0 atom stereocenters. The van der Waals surface area contributed by atoms with Crippen LogP contribution in [0.3, 0.4) is 0 Å². The van der Waals surface area contributed by atoms with Crippen molar-refractivity contribution in [2.75, 3.05) is 26.2 Å². The van der Waals surface area contributed by atoms with Crippen LogP contribution in [0.15, 0.2) is 0 Å². The van der Waals surface area contributed by atoms with Gasteiger partial charge in [-0.3, -0.25) is 9.59 Å². The summed E-state index contributed by atoms with van der Waals surface area (Å²) in [4.78, 5) is 25.4. The molecule has 0 unspecified atom stereocenters. The number of carboxylic acids is 1. The molecule has 1 aliphatic carbocycles. The van der Waals surface area contributed by atoms with E-state index in [1.54, 1.807) is 0 Å². The van der Waals surface area contributed by atoms with Crippen LogP contribution < -0.4 is 5.32 Å². The maximum absolute atomic E-state index is 12.0. The van der Waals surface area contributed by atoms with Crippen LogP contribution in [0.1, 0.15) is 51.4 Å². The Labute approximate surface area is 120 Å². The number of hydrogen-bond acceptors (Lipinski definition) is 3. The average molecular weight is 282 g/mol. The Morgan fingerprint density at radius 2 is 1.70 bits per heavy atom. The molecule has 0 radical (unpaired) electrons. The monoisotopic (exact) mass is 282 g/mol. The van der Waals surface area contributed by atoms with Gasteiger partial charge in [0.15, 0.2) is 0 Å². The molecule has 20 heavy (non-hydrogen) atoms. The molecule has 1 heterocycles. The number of likely N-dealkylation sites (tertiary alicyclic amines) is 1. The van der Waals surface area contributed by atoms with Gasteiger partial charge in [0.1, 0.15) is 0 Å². The van der Waals surface area contributed by atoms with Crippen molar-refractivity contribution in [2.45, 2.75) is 51.4 Å². The highest BCUT2D eigenvalue weighted by Crippen LogP contribution is 2.43. The molecule has 2 N–H and O–H groups in total. The lowest BCUT2D eigenvalue weighted by Gasteiger charge is -2.26. The van der Waals surface area contributed by atoms with Gasteiger partial charge < -0.3 is 15.3 Å². The molecule has 1 saturated carbocycles. The highest BCUT2D eigenvalue weighted by molar-refractivity contribution is 5.78. The van der Waals surface area contributed by atoms with E-state index in [2.05, 4.69) is 10.2 Å². The molecule has 2 fully saturated rings.